The van der Waals surface area contributed by atoms with E-state index in [1.54, 1.807) is 11.3 Å². The van der Waals surface area contributed by atoms with E-state index >= 15 is 0 Å². The second kappa shape index (κ2) is 3.88. The first-order valence-corrected chi connectivity index (χ1v) is 4.85. The number of hydrogen-bond donors (Lipinski definition) is 1. The molecule has 0 saturated heterocycles. The maximum absolute atomic E-state index is 9.60. The van der Waals surface area contributed by atoms with Crippen molar-refractivity contribution in [2.75, 3.05) is 0 Å². The lowest BCUT2D eigenvalue weighted by molar-refractivity contribution is 0.169. The van der Waals surface area contributed by atoms with Crippen LogP contribution in [0.5, 0.6) is 0 Å². The quantitative estimate of drug-likeness (QED) is 0.739. The van der Waals surface area contributed by atoms with Gasteiger partial charge in [0.25, 0.3) is 0 Å². The summed E-state index contributed by atoms with van der Waals surface area (Å²) in [5, 5.41) is 11.6. The van der Waals surface area contributed by atoms with E-state index in [9.17, 15) is 5.11 Å². The molecule has 1 N–H and O–H groups in total. The van der Waals surface area contributed by atoms with Crippen molar-refractivity contribution in [3.8, 4) is 0 Å². The molecule has 11 heavy (non-hydrogen) atoms. The van der Waals surface area contributed by atoms with Crippen LogP contribution >= 0.6 is 11.3 Å². The lowest BCUT2D eigenvalue weighted by Crippen LogP contribution is -1.94. The molecule has 0 spiro atoms. The Hall–Kier alpha value is -0.340. The number of aliphatic hydroxyl groups is 1. The van der Waals surface area contributed by atoms with Gasteiger partial charge in [0.1, 0.15) is 0 Å². The van der Waals surface area contributed by atoms with Gasteiger partial charge in [-0.05, 0) is 30.4 Å². The van der Waals surface area contributed by atoms with E-state index in [4.69, 9.17) is 0 Å². The Morgan fingerprint density at radius 2 is 2.36 bits per heavy atom. The van der Waals surface area contributed by atoms with E-state index in [1.807, 2.05) is 12.3 Å². The molecule has 0 aliphatic rings. The maximum atomic E-state index is 9.60. The van der Waals surface area contributed by atoms with Crippen molar-refractivity contribution in [3.63, 3.8) is 0 Å². The molecule has 0 saturated carbocycles. The largest absolute Gasteiger partial charge is 0.388 e. The van der Waals surface area contributed by atoms with Crippen molar-refractivity contribution in [1.82, 2.24) is 0 Å². The first-order chi connectivity index (χ1) is 5.25. The molecule has 0 fully saturated rings. The van der Waals surface area contributed by atoms with Gasteiger partial charge >= 0.3 is 0 Å². The predicted molar refractivity (Wildman–Crippen MR) is 48.9 cm³/mol. The number of aliphatic hydroxyl groups excluding tert-OH is 1. The molecule has 1 nitrogen and oxygen atoms in total. The molecule has 1 aromatic rings. The minimum absolute atomic E-state index is 0.236. The second-order valence-electron chi connectivity index (χ2n) is 2.77. The molecule has 0 aromatic carbocycles. The van der Waals surface area contributed by atoms with Gasteiger partial charge in [0.2, 0.25) is 0 Å². The predicted octanol–water partition coefficient (Wildman–Crippen LogP) is 2.89. The fourth-order valence-electron chi connectivity index (χ4n) is 1.13. The number of rotatable bonds is 3. The molecule has 1 aromatic heterocycles. The standard InChI is InChI=1S/C9H14OS/c1-3-4-8(10)9-7(2)5-6-11-9/h5-6,8,10H,3-4H2,1-2H3. The van der Waals surface area contributed by atoms with Crippen LogP contribution in [-0.2, 0) is 0 Å². The molecule has 0 bridgehead atoms. The third-order valence-electron chi connectivity index (χ3n) is 1.77. The average Bonchev–Trinajstić information content (AvgIpc) is 2.36. The molecule has 2 heteroatoms. The first-order valence-electron chi connectivity index (χ1n) is 3.97. The number of hydrogen-bond acceptors (Lipinski definition) is 2. The van der Waals surface area contributed by atoms with E-state index < -0.39 is 0 Å². The Kier molecular flexibility index (Phi) is 3.09. The minimum Gasteiger partial charge on any atom is -0.388 e. The van der Waals surface area contributed by atoms with Gasteiger partial charge in [-0.1, -0.05) is 13.3 Å². The summed E-state index contributed by atoms with van der Waals surface area (Å²) < 4.78 is 0. The summed E-state index contributed by atoms with van der Waals surface area (Å²) in [6.45, 7) is 4.14. The third-order valence-corrected chi connectivity index (χ3v) is 2.89. The van der Waals surface area contributed by atoms with Gasteiger partial charge in [-0.3, -0.25) is 0 Å². The summed E-state index contributed by atoms with van der Waals surface area (Å²) >= 11 is 1.65. The lowest BCUT2D eigenvalue weighted by Gasteiger charge is -2.07. The lowest BCUT2D eigenvalue weighted by atomic mass is 10.1. The Bertz CT molecular complexity index is 217. The van der Waals surface area contributed by atoms with Crippen molar-refractivity contribution in [3.05, 3.63) is 21.9 Å². The van der Waals surface area contributed by atoms with Gasteiger partial charge in [-0.15, -0.1) is 11.3 Å². The molecule has 0 radical (unpaired) electrons. The van der Waals surface area contributed by atoms with Crippen LogP contribution in [-0.4, -0.2) is 5.11 Å². The molecule has 1 rings (SSSR count). The fraction of sp³-hybridized carbons (Fsp3) is 0.556. The summed E-state index contributed by atoms with van der Waals surface area (Å²) in [5.41, 5.74) is 1.22. The van der Waals surface area contributed by atoms with Crippen molar-refractivity contribution < 1.29 is 5.11 Å². The summed E-state index contributed by atoms with van der Waals surface area (Å²) in [6, 6.07) is 2.05. The Labute approximate surface area is 71.7 Å². The molecular formula is C9H14OS. The van der Waals surface area contributed by atoms with Crippen LogP contribution in [0, 0.1) is 6.92 Å². The minimum atomic E-state index is -0.236. The van der Waals surface area contributed by atoms with Crippen LogP contribution in [0.25, 0.3) is 0 Å². The Balaban J connectivity index is 2.67. The summed E-state index contributed by atoms with van der Waals surface area (Å²) in [6.07, 6.45) is 1.68. The van der Waals surface area contributed by atoms with E-state index in [0.29, 0.717) is 0 Å². The van der Waals surface area contributed by atoms with Crippen LogP contribution in [0.15, 0.2) is 11.4 Å². The van der Waals surface area contributed by atoms with Crippen LogP contribution < -0.4 is 0 Å². The highest BCUT2D eigenvalue weighted by Crippen LogP contribution is 2.26. The Morgan fingerprint density at radius 3 is 2.82 bits per heavy atom. The zero-order chi connectivity index (χ0) is 8.27. The van der Waals surface area contributed by atoms with Gasteiger partial charge in [-0.2, -0.15) is 0 Å². The second-order valence-corrected chi connectivity index (χ2v) is 3.72. The van der Waals surface area contributed by atoms with Gasteiger partial charge in [0.05, 0.1) is 6.10 Å². The van der Waals surface area contributed by atoms with Crippen molar-refractivity contribution in [2.24, 2.45) is 0 Å². The summed E-state index contributed by atoms with van der Waals surface area (Å²) in [7, 11) is 0. The fourth-order valence-corrected chi connectivity index (χ4v) is 2.08. The highest BCUT2D eigenvalue weighted by Gasteiger charge is 2.09. The van der Waals surface area contributed by atoms with Crippen molar-refractivity contribution in [1.29, 1.82) is 0 Å². The maximum Gasteiger partial charge on any atom is 0.0884 e. The zero-order valence-corrected chi connectivity index (χ0v) is 7.82. The van der Waals surface area contributed by atoms with Gasteiger partial charge < -0.3 is 5.11 Å². The molecular weight excluding hydrogens is 156 g/mol. The monoisotopic (exact) mass is 170 g/mol. The van der Waals surface area contributed by atoms with Gasteiger partial charge in [0.15, 0.2) is 0 Å². The number of thiophene rings is 1. The molecule has 1 heterocycles. The molecule has 0 amide bonds. The number of aryl methyl sites for hydroxylation is 1. The van der Waals surface area contributed by atoms with E-state index in [1.165, 1.54) is 5.56 Å². The molecule has 0 aliphatic carbocycles. The van der Waals surface area contributed by atoms with Crippen molar-refractivity contribution in [2.45, 2.75) is 32.8 Å². The smallest absolute Gasteiger partial charge is 0.0884 e. The highest BCUT2D eigenvalue weighted by molar-refractivity contribution is 7.10. The van der Waals surface area contributed by atoms with Crippen LogP contribution in [0.3, 0.4) is 0 Å². The van der Waals surface area contributed by atoms with E-state index in [-0.39, 0.29) is 6.10 Å². The molecule has 0 aliphatic heterocycles. The van der Waals surface area contributed by atoms with Crippen LogP contribution in [0.2, 0.25) is 0 Å². The van der Waals surface area contributed by atoms with E-state index in [0.717, 1.165) is 17.7 Å². The molecule has 1 unspecified atom stereocenters. The summed E-state index contributed by atoms with van der Waals surface area (Å²) in [4.78, 5) is 1.13. The van der Waals surface area contributed by atoms with Crippen LogP contribution in [0.1, 0.15) is 36.3 Å². The first kappa shape index (κ1) is 8.75. The van der Waals surface area contributed by atoms with E-state index in [2.05, 4.69) is 13.0 Å². The summed E-state index contributed by atoms with van der Waals surface area (Å²) in [5.74, 6) is 0. The van der Waals surface area contributed by atoms with Gasteiger partial charge in [0, 0.05) is 4.88 Å². The van der Waals surface area contributed by atoms with Crippen LogP contribution in [0.4, 0.5) is 0 Å². The van der Waals surface area contributed by atoms with Gasteiger partial charge in [-0.25, -0.2) is 0 Å². The SMILES string of the molecule is CCCC(O)c1sccc1C. The topological polar surface area (TPSA) is 20.2 Å². The molecule has 62 valence electrons. The normalized spacial score (nSPS) is 13.4. The average molecular weight is 170 g/mol. The zero-order valence-electron chi connectivity index (χ0n) is 7.00. The Morgan fingerprint density at radius 1 is 1.64 bits per heavy atom. The van der Waals surface area contributed by atoms with Crippen molar-refractivity contribution >= 4 is 11.3 Å². The third kappa shape index (κ3) is 2.04. The highest BCUT2D eigenvalue weighted by atomic mass is 32.1. The molecule has 1 atom stereocenters.